The van der Waals surface area contributed by atoms with Crippen LogP contribution in [0, 0.1) is 5.41 Å². The van der Waals surface area contributed by atoms with E-state index in [1.54, 1.807) is 0 Å². The van der Waals surface area contributed by atoms with Gasteiger partial charge in [-0.05, 0) is 38.1 Å². The Labute approximate surface area is 153 Å². The molecule has 0 N–H and O–H groups in total. The maximum atomic E-state index is 12.3. The van der Waals surface area contributed by atoms with Crippen molar-refractivity contribution in [2.24, 2.45) is 5.41 Å². The molecule has 1 saturated heterocycles. The summed E-state index contributed by atoms with van der Waals surface area (Å²) >= 11 is 1.48. The summed E-state index contributed by atoms with van der Waals surface area (Å²) < 4.78 is 2.10. The van der Waals surface area contributed by atoms with Crippen LogP contribution in [0.15, 0.2) is 35.5 Å². The van der Waals surface area contributed by atoms with Crippen molar-refractivity contribution in [1.29, 1.82) is 0 Å². The monoisotopic (exact) mass is 358 g/mol. The number of Topliss-reactive ketones (excluding diaryl/α,β-unsaturated/α-hetero) is 1. The zero-order valence-corrected chi connectivity index (χ0v) is 16.1. The SMILES string of the molecule is CC(C)(C)C(=O)CSc1nnc(CN2CCCC2)n1-c1ccccc1. The van der Waals surface area contributed by atoms with Crippen molar-refractivity contribution in [3.8, 4) is 5.69 Å². The molecule has 2 heterocycles. The minimum Gasteiger partial charge on any atom is -0.298 e. The summed E-state index contributed by atoms with van der Waals surface area (Å²) in [5.74, 6) is 1.58. The number of thioether (sulfide) groups is 1. The molecular formula is C19H26N4OS. The van der Waals surface area contributed by atoms with Crippen molar-refractivity contribution in [3.63, 3.8) is 0 Å². The van der Waals surface area contributed by atoms with Gasteiger partial charge in [-0.1, -0.05) is 50.7 Å². The van der Waals surface area contributed by atoms with Crippen molar-refractivity contribution in [2.45, 2.75) is 45.3 Å². The second-order valence-corrected chi connectivity index (χ2v) is 8.46. The zero-order valence-electron chi connectivity index (χ0n) is 15.2. The number of likely N-dealkylation sites (tertiary alicyclic amines) is 1. The number of ketones is 1. The van der Waals surface area contributed by atoms with Gasteiger partial charge in [0, 0.05) is 11.1 Å². The number of para-hydroxylation sites is 1. The number of carbonyl (C=O) groups excluding carboxylic acids is 1. The van der Waals surface area contributed by atoms with Crippen LogP contribution in [-0.4, -0.2) is 44.3 Å². The van der Waals surface area contributed by atoms with Crippen LogP contribution in [0.3, 0.4) is 0 Å². The van der Waals surface area contributed by atoms with Gasteiger partial charge in [-0.15, -0.1) is 10.2 Å². The fourth-order valence-electron chi connectivity index (χ4n) is 2.82. The van der Waals surface area contributed by atoms with E-state index in [2.05, 4.69) is 31.8 Å². The highest BCUT2D eigenvalue weighted by atomic mass is 32.2. The molecule has 0 bridgehead atoms. The highest BCUT2D eigenvalue weighted by Gasteiger charge is 2.24. The van der Waals surface area contributed by atoms with Crippen molar-refractivity contribution in [2.75, 3.05) is 18.8 Å². The van der Waals surface area contributed by atoms with Gasteiger partial charge in [-0.3, -0.25) is 14.3 Å². The van der Waals surface area contributed by atoms with Gasteiger partial charge in [-0.25, -0.2) is 0 Å². The fraction of sp³-hybridized carbons (Fsp3) is 0.526. The Morgan fingerprint density at radius 3 is 2.44 bits per heavy atom. The lowest BCUT2D eigenvalue weighted by Crippen LogP contribution is -2.22. The third-order valence-corrected chi connectivity index (χ3v) is 5.38. The van der Waals surface area contributed by atoms with E-state index in [1.165, 1.54) is 24.6 Å². The molecule has 0 radical (unpaired) electrons. The minimum atomic E-state index is -0.330. The summed E-state index contributed by atoms with van der Waals surface area (Å²) in [6.45, 7) is 8.90. The van der Waals surface area contributed by atoms with Crippen molar-refractivity contribution >= 4 is 17.5 Å². The molecule has 134 valence electrons. The Hall–Kier alpha value is -1.66. The molecule has 25 heavy (non-hydrogen) atoms. The molecule has 0 amide bonds. The van der Waals surface area contributed by atoms with Crippen molar-refractivity contribution in [1.82, 2.24) is 19.7 Å². The Bertz CT molecular complexity index is 715. The van der Waals surface area contributed by atoms with E-state index in [-0.39, 0.29) is 11.2 Å². The lowest BCUT2D eigenvalue weighted by atomic mass is 9.92. The molecule has 1 fully saturated rings. The molecule has 0 saturated carbocycles. The summed E-state index contributed by atoms with van der Waals surface area (Å²) in [5, 5.41) is 9.61. The van der Waals surface area contributed by atoms with Gasteiger partial charge in [0.1, 0.15) is 5.78 Å². The molecule has 0 spiro atoms. The van der Waals surface area contributed by atoms with E-state index in [0.29, 0.717) is 5.75 Å². The Morgan fingerprint density at radius 2 is 1.80 bits per heavy atom. The van der Waals surface area contributed by atoms with Crippen LogP contribution in [0.25, 0.3) is 5.69 Å². The number of hydrogen-bond donors (Lipinski definition) is 0. The van der Waals surface area contributed by atoms with E-state index in [4.69, 9.17) is 0 Å². The first-order valence-corrected chi connectivity index (χ1v) is 9.82. The minimum absolute atomic E-state index is 0.223. The number of hydrogen-bond acceptors (Lipinski definition) is 5. The standard InChI is InChI=1S/C19H26N4OS/c1-19(2,3)16(24)14-25-18-21-20-17(13-22-11-7-8-12-22)23(18)15-9-5-4-6-10-15/h4-6,9-10H,7-8,11-14H2,1-3H3. The maximum absolute atomic E-state index is 12.3. The van der Waals surface area contributed by atoms with E-state index in [0.717, 1.165) is 36.3 Å². The maximum Gasteiger partial charge on any atom is 0.196 e. The predicted molar refractivity (Wildman–Crippen MR) is 101 cm³/mol. The second-order valence-electron chi connectivity index (χ2n) is 7.51. The number of rotatable bonds is 6. The number of nitrogens with zero attached hydrogens (tertiary/aromatic N) is 4. The number of aromatic nitrogens is 3. The van der Waals surface area contributed by atoms with Crippen LogP contribution in [0.1, 0.15) is 39.4 Å². The van der Waals surface area contributed by atoms with Gasteiger partial charge in [0.2, 0.25) is 0 Å². The molecule has 1 aliphatic heterocycles. The lowest BCUT2D eigenvalue weighted by molar-refractivity contribution is -0.123. The first kappa shape index (κ1) is 18.1. The average Bonchev–Trinajstić information content (AvgIpc) is 3.23. The Morgan fingerprint density at radius 1 is 1.12 bits per heavy atom. The van der Waals surface area contributed by atoms with Gasteiger partial charge in [0.15, 0.2) is 11.0 Å². The molecule has 1 aliphatic rings. The fourth-order valence-corrected chi connectivity index (χ4v) is 3.95. The normalized spacial score (nSPS) is 15.6. The highest BCUT2D eigenvalue weighted by molar-refractivity contribution is 7.99. The van der Waals surface area contributed by atoms with Crippen LogP contribution in [-0.2, 0) is 11.3 Å². The first-order valence-electron chi connectivity index (χ1n) is 8.83. The first-order chi connectivity index (χ1) is 11.9. The molecule has 1 aromatic carbocycles. The second kappa shape index (κ2) is 7.70. The predicted octanol–water partition coefficient (Wildman–Crippen LogP) is 3.57. The van der Waals surface area contributed by atoms with E-state index in [1.807, 2.05) is 39.0 Å². The molecule has 0 unspecified atom stereocenters. The molecule has 1 aromatic heterocycles. The third-order valence-electron chi connectivity index (χ3n) is 4.45. The smallest absolute Gasteiger partial charge is 0.196 e. The van der Waals surface area contributed by atoms with E-state index < -0.39 is 0 Å². The summed E-state index contributed by atoms with van der Waals surface area (Å²) in [6.07, 6.45) is 2.50. The third kappa shape index (κ3) is 4.50. The average molecular weight is 359 g/mol. The number of benzene rings is 1. The summed E-state index contributed by atoms with van der Waals surface area (Å²) in [7, 11) is 0. The Balaban J connectivity index is 1.84. The van der Waals surface area contributed by atoms with Crippen molar-refractivity contribution in [3.05, 3.63) is 36.2 Å². The lowest BCUT2D eigenvalue weighted by Gasteiger charge is -2.17. The topological polar surface area (TPSA) is 51.0 Å². The summed E-state index contributed by atoms with van der Waals surface area (Å²) in [5.41, 5.74) is 0.718. The van der Waals surface area contributed by atoms with Gasteiger partial charge in [0.25, 0.3) is 0 Å². The summed E-state index contributed by atoms with van der Waals surface area (Å²) in [6, 6.07) is 10.2. The Kier molecular flexibility index (Phi) is 5.59. The zero-order chi connectivity index (χ0) is 17.9. The van der Waals surface area contributed by atoms with E-state index >= 15 is 0 Å². The van der Waals surface area contributed by atoms with Crippen molar-refractivity contribution < 1.29 is 4.79 Å². The molecule has 2 aromatic rings. The van der Waals surface area contributed by atoms with Crippen LogP contribution in [0.5, 0.6) is 0 Å². The highest BCUT2D eigenvalue weighted by Crippen LogP contribution is 2.26. The van der Waals surface area contributed by atoms with Gasteiger partial charge in [0.05, 0.1) is 12.3 Å². The van der Waals surface area contributed by atoms with Gasteiger partial charge < -0.3 is 0 Å². The van der Waals surface area contributed by atoms with Gasteiger partial charge >= 0.3 is 0 Å². The largest absolute Gasteiger partial charge is 0.298 e. The molecule has 5 nitrogen and oxygen atoms in total. The molecule has 0 aliphatic carbocycles. The molecular weight excluding hydrogens is 332 g/mol. The van der Waals surface area contributed by atoms with E-state index in [9.17, 15) is 4.79 Å². The number of carbonyl (C=O) groups is 1. The van der Waals surface area contributed by atoms with Crippen LogP contribution >= 0.6 is 11.8 Å². The van der Waals surface area contributed by atoms with Crippen LogP contribution in [0.2, 0.25) is 0 Å². The molecule has 3 rings (SSSR count). The molecule has 0 atom stereocenters. The van der Waals surface area contributed by atoms with Gasteiger partial charge in [-0.2, -0.15) is 0 Å². The quantitative estimate of drug-likeness (QED) is 0.739. The van der Waals surface area contributed by atoms with Crippen LogP contribution < -0.4 is 0 Å². The van der Waals surface area contributed by atoms with Crippen LogP contribution in [0.4, 0.5) is 0 Å². The molecule has 6 heteroatoms. The summed E-state index contributed by atoms with van der Waals surface area (Å²) in [4.78, 5) is 14.7.